The lowest BCUT2D eigenvalue weighted by atomic mass is 9.67. The van der Waals surface area contributed by atoms with Crippen LogP contribution in [0.2, 0.25) is 0 Å². The molecule has 2 atom stereocenters. The maximum Gasteiger partial charge on any atom is 0.00908 e. The van der Waals surface area contributed by atoms with E-state index in [0.29, 0.717) is 5.41 Å². The SMILES string of the molecule is CCCCC1CCC(CBr)(C2CC2c2ccccc2)CC1. The molecule has 0 bridgehead atoms. The normalized spacial score (nSPS) is 35.6. The molecule has 0 radical (unpaired) electrons. The molecule has 3 rings (SSSR count). The number of hydrogen-bond acceptors (Lipinski definition) is 0. The summed E-state index contributed by atoms with van der Waals surface area (Å²) in [5.74, 6) is 2.80. The van der Waals surface area contributed by atoms with Crippen molar-refractivity contribution in [2.24, 2.45) is 17.3 Å². The first kappa shape index (κ1) is 15.6. The molecule has 0 nitrogen and oxygen atoms in total. The van der Waals surface area contributed by atoms with E-state index in [2.05, 4.69) is 53.2 Å². The molecule has 0 N–H and O–H groups in total. The summed E-state index contributed by atoms with van der Waals surface area (Å²) in [6, 6.07) is 11.2. The van der Waals surface area contributed by atoms with Crippen molar-refractivity contribution >= 4 is 15.9 Å². The summed E-state index contributed by atoms with van der Waals surface area (Å²) in [6.07, 6.45) is 11.6. The first-order valence-corrected chi connectivity index (χ1v) is 10.0. The van der Waals surface area contributed by atoms with Crippen LogP contribution < -0.4 is 0 Å². The average Bonchev–Trinajstić information content (AvgIpc) is 3.35. The first-order chi connectivity index (χ1) is 10.3. The van der Waals surface area contributed by atoms with E-state index < -0.39 is 0 Å². The Labute approximate surface area is 138 Å². The van der Waals surface area contributed by atoms with Crippen LogP contribution in [0.1, 0.15) is 69.8 Å². The highest BCUT2D eigenvalue weighted by atomic mass is 79.9. The molecule has 0 heterocycles. The van der Waals surface area contributed by atoms with Gasteiger partial charge in [-0.2, -0.15) is 0 Å². The minimum atomic E-state index is 0.600. The average molecular weight is 349 g/mol. The smallest absolute Gasteiger partial charge is 0.00908 e. The van der Waals surface area contributed by atoms with Gasteiger partial charge in [0, 0.05) is 5.33 Å². The molecule has 2 fully saturated rings. The number of alkyl halides is 1. The first-order valence-electron chi connectivity index (χ1n) is 8.90. The lowest BCUT2D eigenvalue weighted by molar-refractivity contribution is 0.140. The van der Waals surface area contributed by atoms with Crippen molar-refractivity contribution in [2.45, 2.75) is 64.2 Å². The number of benzene rings is 1. The highest BCUT2D eigenvalue weighted by molar-refractivity contribution is 9.09. The van der Waals surface area contributed by atoms with Crippen molar-refractivity contribution in [3.05, 3.63) is 35.9 Å². The Hall–Kier alpha value is -0.300. The molecule has 21 heavy (non-hydrogen) atoms. The second-order valence-electron chi connectivity index (χ2n) is 7.44. The zero-order chi connectivity index (χ0) is 14.7. The molecule has 2 unspecified atom stereocenters. The molecule has 0 amide bonds. The van der Waals surface area contributed by atoms with Crippen LogP contribution in [0.25, 0.3) is 0 Å². The summed E-state index contributed by atoms with van der Waals surface area (Å²) in [5.41, 5.74) is 2.18. The van der Waals surface area contributed by atoms with Crippen LogP contribution in [0.3, 0.4) is 0 Å². The molecule has 0 aromatic heterocycles. The Balaban J connectivity index is 1.59. The Bertz CT molecular complexity index is 430. The van der Waals surface area contributed by atoms with Gasteiger partial charge in [-0.3, -0.25) is 0 Å². The van der Waals surface area contributed by atoms with Gasteiger partial charge in [0.05, 0.1) is 0 Å². The number of hydrogen-bond donors (Lipinski definition) is 0. The van der Waals surface area contributed by atoms with Crippen LogP contribution in [0.15, 0.2) is 30.3 Å². The van der Waals surface area contributed by atoms with Crippen molar-refractivity contribution in [2.75, 3.05) is 5.33 Å². The summed E-state index contributed by atoms with van der Waals surface area (Å²) in [4.78, 5) is 0. The lowest BCUT2D eigenvalue weighted by Gasteiger charge is -2.40. The minimum absolute atomic E-state index is 0.600. The topological polar surface area (TPSA) is 0 Å². The summed E-state index contributed by atoms with van der Waals surface area (Å²) in [6.45, 7) is 2.32. The van der Waals surface area contributed by atoms with Gasteiger partial charge in [0.15, 0.2) is 0 Å². The molecule has 0 aliphatic heterocycles. The third kappa shape index (κ3) is 3.38. The maximum atomic E-state index is 3.88. The molecule has 0 saturated heterocycles. The number of unbranched alkanes of at least 4 members (excludes halogenated alkanes) is 1. The van der Waals surface area contributed by atoms with Gasteiger partial charge in [-0.15, -0.1) is 0 Å². The number of rotatable bonds is 6. The molecule has 0 spiro atoms. The van der Waals surface area contributed by atoms with Crippen LogP contribution in [0, 0.1) is 17.3 Å². The largest absolute Gasteiger partial charge is 0.0922 e. The zero-order valence-corrected chi connectivity index (χ0v) is 14.9. The van der Waals surface area contributed by atoms with Gasteiger partial charge >= 0.3 is 0 Å². The Morgan fingerprint density at radius 2 is 1.86 bits per heavy atom. The van der Waals surface area contributed by atoms with Crippen molar-refractivity contribution < 1.29 is 0 Å². The monoisotopic (exact) mass is 348 g/mol. The van der Waals surface area contributed by atoms with Crippen molar-refractivity contribution in [1.82, 2.24) is 0 Å². The third-order valence-electron chi connectivity index (χ3n) is 6.14. The van der Waals surface area contributed by atoms with E-state index in [1.807, 2.05) is 0 Å². The molecule has 2 aliphatic carbocycles. The van der Waals surface area contributed by atoms with Gasteiger partial charge in [-0.1, -0.05) is 72.4 Å². The van der Waals surface area contributed by atoms with Crippen molar-refractivity contribution in [3.63, 3.8) is 0 Å². The zero-order valence-electron chi connectivity index (χ0n) is 13.4. The highest BCUT2D eigenvalue weighted by Crippen LogP contribution is 2.62. The van der Waals surface area contributed by atoms with Crippen LogP contribution >= 0.6 is 15.9 Å². The predicted octanol–water partition coefficient (Wildman–Crippen LogP) is 6.55. The van der Waals surface area contributed by atoms with Crippen LogP contribution in [-0.2, 0) is 0 Å². The molecule has 116 valence electrons. The van der Waals surface area contributed by atoms with E-state index in [9.17, 15) is 0 Å². The van der Waals surface area contributed by atoms with E-state index in [-0.39, 0.29) is 0 Å². The fourth-order valence-electron chi connectivity index (χ4n) is 4.58. The van der Waals surface area contributed by atoms with Crippen LogP contribution in [-0.4, -0.2) is 5.33 Å². The van der Waals surface area contributed by atoms with E-state index in [1.54, 1.807) is 5.56 Å². The summed E-state index contributed by atoms with van der Waals surface area (Å²) in [7, 11) is 0. The lowest BCUT2D eigenvalue weighted by Crippen LogP contribution is -2.32. The standard InChI is InChI=1S/C20H29Br/c1-2-3-7-16-10-12-20(15-21,13-11-16)19-14-18(19)17-8-5-4-6-9-17/h4-6,8-9,16,18-19H,2-3,7,10-15H2,1H3. The highest BCUT2D eigenvalue weighted by Gasteiger charge is 2.53. The van der Waals surface area contributed by atoms with Gasteiger partial charge in [-0.05, 0) is 60.8 Å². The van der Waals surface area contributed by atoms with Crippen LogP contribution in [0.4, 0.5) is 0 Å². The molecule has 2 aliphatic rings. The third-order valence-corrected chi connectivity index (χ3v) is 7.25. The second-order valence-corrected chi connectivity index (χ2v) is 8.00. The van der Waals surface area contributed by atoms with E-state index in [0.717, 1.165) is 17.8 Å². The fourth-order valence-corrected chi connectivity index (χ4v) is 5.55. The van der Waals surface area contributed by atoms with Gasteiger partial charge in [-0.25, -0.2) is 0 Å². The van der Waals surface area contributed by atoms with Crippen LogP contribution in [0.5, 0.6) is 0 Å². The Morgan fingerprint density at radius 1 is 1.14 bits per heavy atom. The quantitative estimate of drug-likeness (QED) is 0.511. The summed E-state index contributed by atoms with van der Waals surface area (Å²) >= 11 is 3.88. The van der Waals surface area contributed by atoms with Crippen molar-refractivity contribution in [3.8, 4) is 0 Å². The number of halogens is 1. The second kappa shape index (κ2) is 6.86. The molecule has 1 heteroatoms. The minimum Gasteiger partial charge on any atom is -0.0922 e. The molecule has 1 aromatic carbocycles. The van der Waals surface area contributed by atoms with Gasteiger partial charge in [0.1, 0.15) is 0 Å². The molecule has 2 saturated carbocycles. The Kier molecular flexibility index (Phi) is 5.09. The van der Waals surface area contributed by atoms with Gasteiger partial charge in [0.25, 0.3) is 0 Å². The molecular formula is C20H29Br. The van der Waals surface area contributed by atoms with E-state index in [1.165, 1.54) is 56.7 Å². The maximum absolute atomic E-state index is 3.88. The Morgan fingerprint density at radius 3 is 2.48 bits per heavy atom. The van der Waals surface area contributed by atoms with Gasteiger partial charge < -0.3 is 0 Å². The van der Waals surface area contributed by atoms with E-state index >= 15 is 0 Å². The summed E-state index contributed by atoms with van der Waals surface area (Å²) < 4.78 is 0. The molecule has 1 aromatic rings. The van der Waals surface area contributed by atoms with Crippen molar-refractivity contribution in [1.29, 1.82) is 0 Å². The summed E-state index contributed by atoms with van der Waals surface area (Å²) in [5, 5.41) is 1.22. The fraction of sp³-hybridized carbons (Fsp3) is 0.700. The predicted molar refractivity (Wildman–Crippen MR) is 95.0 cm³/mol. The van der Waals surface area contributed by atoms with E-state index in [4.69, 9.17) is 0 Å². The molecular weight excluding hydrogens is 320 g/mol. The van der Waals surface area contributed by atoms with Gasteiger partial charge in [0.2, 0.25) is 0 Å².